The van der Waals surface area contributed by atoms with Crippen molar-refractivity contribution in [1.29, 1.82) is 0 Å². The molecule has 1 aromatic heterocycles. The van der Waals surface area contributed by atoms with Gasteiger partial charge in [-0.2, -0.15) is 0 Å². The quantitative estimate of drug-likeness (QED) is 0.834. The number of hydrogen-bond donors (Lipinski definition) is 1. The van der Waals surface area contributed by atoms with Crippen molar-refractivity contribution >= 4 is 23.0 Å². The molecule has 1 aliphatic carbocycles. The fourth-order valence-corrected chi connectivity index (χ4v) is 2.78. The summed E-state index contributed by atoms with van der Waals surface area (Å²) in [6.45, 7) is 2.45. The van der Waals surface area contributed by atoms with Gasteiger partial charge in [-0.15, -0.1) is 0 Å². The van der Waals surface area contributed by atoms with Gasteiger partial charge in [0.1, 0.15) is 11.3 Å². The Balaban J connectivity index is 1.86. The van der Waals surface area contributed by atoms with Gasteiger partial charge in [0.25, 0.3) is 0 Å². The van der Waals surface area contributed by atoms with Gasteiger partial charge in [-0.3, -0.25) is 4.79 Å². The first-order valence-corrected chi connectivity index (χ1v) is 7.84. The number of hydrogen-bond acceptors (Lipinski definition) is 3. The second-order valence-electron chi connectivity index (χ2n) is 5.61. The molecule has 0 radical (unpaired) electrons. The summed E-state index contributed by atoms with van der Waals surface area (Å²) >= 11 is 0. The molecule has 1 N–H and O–H groups in total. The number of nitrogens with zero attached hydrogens (tertiary/aromatic N) is 1. The number of carbonyl (C=O) groups is 1. The van der Waals surface area contributed by atoms with Crippen LogP contribution in [-0.2, 0) is 11.2 Å². The topological polar surface area (TPSA) is 53.7 Å². The molecule has 3 rings (SSSR count). The van der Waals surface area contributed by atoms with Gasteiger partial charge in [0.15, 0.2) is 0 Å². The van der Waals surface area contributed by atoms with E-state index in [2.05, 4.69) is 0 Å². The minimum Gasteiger partial charge on any atom is -0.460 e. The molecule has 4 heteroatoms. The van der Waals surface area contributed by atoms with Crippen molar-refractivity contribution in [2.24, 2.45) is 0 Å². The molecular formula is C18H21NO3. The number of benzene rings is 1. The second-order valence-corrected chi connectivity index (χ2v) is 5.61. The fourth-order valence-electron chi connectivity index (χ4n) is 2.78. The lowest BCUT2D eigenvalue weighted by Gasteiger charge is -2.19. The van der Waals surface area contributed by atoms with E-state index in [9.17, 15) is 4.79 Å². The number of furan rings is 1. The van der Waals surface area contributed by atoms with Crippen LogP contribution in [0, 0.1) is 0 Å². The molecule has 0 saturated heterocycles. The molecule has 0 bridgehead atoms. The van der Waals surface area contributed by atoms with Gasteiger partial charge in [0, 0.05) is 36.0 Å². The first-order valence-electron chi connectivity index (χ1n) is 7.84. The van der Waals surface area contributed by atoms with Crippen LogP contribution in [0.15, 0.2) is 34.8 Å². The highest BCUT2D eigenvalue weighted by Gasteiger charge is 2.31. The normalized spacial score (nSPS) is 14.8. The zero-order chi connectivity index (χ0) is 15.5. The number of carbonyl (C=O) groups excluding carboxylic acids is 1. The molecule has 0 atom stereocenters. The van der Waals surface area contributed by atoms with Crippen LogP contribution in [0.1, 0.15) is 31.1 Å². The van der Waals surface area contributed by atoms with Crippen LogP contribution in [-0.4, -0.2) is 35.1 Å². The van der Waals surface area contributed by atoms with Gasteiger partial charge in [0.2, 0.25) is 5.91 Å². The van der Waals surface area contributed by atoms with Crippen LogP contribution >= 0.6 is 0 Å². The third-order valence-electron chi connectivity index (χ3n) is 4.04. The highest BCUT2D eigenvalue weighted by Crippen LogP contribution is 2.29. The second kappa shape index (κ2) is 6.36. The molecule has 1 saturated carbocycles. The standard InChI is InChI=1S/C18H21NO3/c1-2-16-15(14-5-3-4-6-17(14)22-16)9-10-18(21)19(11-12-20)13-7-8-13/h3-6,9-10,13,20H,2,7-8,11-12H2,1H3/b10-9+. The summed E-state index contributed by atoms with van der Waals surface area (Å²) < 4.78 is 5.83. The molecule has 1 amide bonds. The van der Waals surface area contributed by atoms with E-state index in [1.807, 2.05) is 37.3 Å². The first-order chi connectivity index (χ1) is 10.7. The molecule has 0 unspecified atom stereocenters. The van der Waals surface area contributed by atoms with Crippen LogP contribution in [0.5, 0.6) is 0 Å². The van der Waals surface area contributed by atoms with E-state index in [-0.39, 0.29) is 12.5 Å². The van der Waals surface area contributed by atoms with E-state index in [1.54, 1.807) is 11.0 Å². The molecule has 116 valence electrons. The molecule has 1 aliphatic rings. The van der Waals surface area contributed by atoms with Crippen molar-refractivity contribution in [3.63, 3.8) is 0 Å². The van der Waals surface area contributed by atoms with Crippen molar-refractivity contribution in [2.75, 3.05) is 13.2 Å². The third-order valence-corrected chi connectivity index (χ3v) is 4.04. The van der Waals surface area contributed by atoms with Crippen LogP contribution in [0.2, 0.25) is 0 Å². The SMILES string of the molecule is CCc1oc2ccccc2c1/C=C/C(=O)N(CCO)C1CC1. The molecule has 2 aromatic rings. The Hall–Kier alpha value is -2.07. The van der Waals surface area contributed by atoms with Crippen molar-refractivity contribution < 1.29 is 14.3 Å². The van der Waals surface area contributed by atoms with E-state index in [1.165, 1.54) is 0 Å². The van der Waals surface area contributed by atoms with Crippen LogP contribution in [0.3, 0.4) is 0 Å². The predicted molar refractivity (Wildman–Crippen MR) is 86.4 cm³/mol. The number of fused-ring (bicyclic) bond motifs is 1. The zero-order valence-corrected chi connectivity index (χ0v) is 12.8. The van der Waals surface area contributed by atoms with Gasteiger partial charge >= 0.3 is 0 Å². The highest BCUT2D eigenvalue weighted by molar-refractivity contribution is 5.96. The van der Waals surface area contributed by atoms with Crippen LogP contribution in [0.4, 0.5) is 0 Å². The molecular weight excluding hydrogens is 278 g/mol. The van der Waals surface area contributed by atoms with Crippen molar-refractivity contribution in [2.45, 2.75) is 32.2 Å². The highest BCUT2D eigenvalue weighted by atomic mass is 16.3. The number of rotatable bonds is 6. The van der Waals surface area contributed by atoms with E-state index < -0.39 is 0 Å². The monoisotopic (exact) mass is 299 g/mol. The summed E-state index contributed by atoms with van der Waals surface area (Å²) in [5, 5.41) is 10.1. The number of aliphatic hydroxyl groups is 1. The van der Waals surface area contributed by atoms with Gasteiger partial charge in [-0.05, 0) is 25.0 Å². The van der Waals surface area contributed by atoms with Crippen molar-refractivity contribution in [3.8, 4) is 0 Å². The average molecular weight is 299 g/mol. The predicted octanol–water partition coefficient (Wildman–Crippen LogP) is 2.99. The zero-order valence-electron chi connectivity index (χ0n) is 12.8. The summed E-state index contributed by atoms with van der Waals surface area (Å²) in [5.41, 5.74) is 1.83. The van der Waals surface area contributed by atoms with Gasteiger partial charge in [-0.25, -0.2) is 0 Å². The molecule has 1 heterocycles. The smallest absolute Gasteiger partial charge is 0.246 e. The molecule has 22 heavy (non-hydrogen) atoms. The van der Waals surface area contributed by atoms with E-state index in [0.29, 0.717) is 12.6 Å². The average Bonchev–Trinajstić information content (AvgIpc) is 3.31. The number of para-hydroxylation sites is 1. The van der Waals surface area contributed by atoms with Gasteiger partial charge in [0.05, 0.1) is 6.61 Å². The number of aliphatic hydroxyl groups excluding tert-OH is 1. The lowest BCUT2D eigenvalue weighted by molar-refractivity contribution is -0.127. The van der Waals surface area contributed by atoms with E-state index in [4.69, 9.17) is 9.52 Å². The van der Waals surface area contributed by atoms with E-state index >= 15 is 0 Å². The molecule has 0 aliphatic heterocycles. The summed E-state index contributed by atoms with van der Waals surface area (Å²) in [7, 11) is 0. The Morgan fingerprint density at radius 2 is 2.18 bits per heavy atom. The third kappa shape index (κ3) is 2.92. The fraction of sp³-hybridized carbons (Fsp3) is 0.389. The molecule has 4 nitrogen and oxygen atoms in total. The Bertz CT molecular complexity index is 697. The maximum absolute atomic E-state index is 12.3. The lowest BCUT2D eigenvalue weighted by Crippen LogP contribution is -2.34. The summed E-state index contributed by atoms with van der Waals surface area (Å²) in [6, 6.07) is 8.17. The molecule has 1 fully saturated rings. The summed E-state index contributed by atoms with van der Waals surface area (Å²) in [4.78, 5) is 14.1. The van der Waals surface area contributed by atoms with Gasteiger partial charge < -0.3 is 14.4 Å². The minimum atomic E-state index is -0.0381. The maximum Gasteiger partial charge on any atom is 0.246 e. The first kappa shape index (κ1) is 14.9. The number of amides is 1. The lowest BCUT2D eigenvalue weighted by atomic mass is 10.1. The Labute approximate surface area is 130 Å². The molecule has 1 aromatic carbocycles. The minimum absolute atomic E-state index is 0.00489. The van der Waals surface area contributed by atoms with Crippen LogP contribution < -0.4 is 0 Å². The Morgan fingerprint density at radius 3 is 2.86 bits per heavy atom. The van der Waals surface area contributed by atoms with Crippen molar-refractivity contribution in [3.05, 3.63) is 41.7 Å². The Morgan fingerprint density at radius 1 is 1.41 bits per heavy atom. The van der Waals surface area contributed by atoms with Gasteiger partial charge in [-0.1, -0.05) is 25.1 Å². The summed E-state index contributed by atoms with van der Waals surface area (Å²) in [6.07, 6.45) is 6.30. The maximum atomic E-state index is 12.3. The largest absolute Gasteiger partial charge is 0.460 e. The molecule has 0 spiro atoms. The Kier molecular flexibility index (Phi) is 4.29. The van der Waals surface area contributed by atoms with Crippen LogP contribution in [0.25, 0.3) is 17.0 Å². The van der Waals surface area contributed by atoms with E-state index in [0.717, 1.165) is 41.6 Å². The summed E-state index contributed by atoms with van der Waals surface area (Å²) in [5.74, 6) is 0.856. The number of aryl methyl sites for hydroxylation is 1. The van der Waals surface area contributed by atoms with Crippen molar-refractivity contribution in [1.82, 2.24) is 4.90 Å².